The Morgan fingerprint density at radius 1 is 0.482 bits per heavy atom. The van der Waals surface area contributed by atoms with Gasteiger partial charge in [0, 0.05) is 10.7 Å². The molecule has 0 radical (unpaired) electrons. The number of halogens is 5. The van der Waals surface area contributed by atoms with Gasteiger partial charge in [-0.15, -0.1) is 0 Å². The van der Waals surface area contributed by atoms with E-state index in [2.05, 4.69) is 67.8 Å². The lowest BCUT2D eigenvalue weighted by atomic mass is 10.2. The molecule has 0 aliphatic carbocycles. The Balaban J connectivity index is 1.75. The second-order valence-electron chi connectivity index (χ2n) is 11.9. The zero-order valence-corrected chi connectivity index (χ0v) is 36.3. The van der Waals surface area contributed by atoms with E-state index in [1.54, 1.807) is 121 Å². The van der Waals surface area contributed by atoms with Gasteiger partial charge in [0.05, 0.1) is 0 Å². The Morgan fingerprint density at radius 3 is 0.964 bits per heavy atom. The third kappa shape index (κ3) is 10.00. The highest BCUT2D eigenvalue weighted by molar-refractivity contribution is 14.1. The number of aryl methyl sites for hydroxylation is 2. The molecule has 10 nitrogen and oxygen atoms in total. The van der Waals surface area contributed by atoms with Crippen molar-refractivity contribution in [1.82, 2.24) is 0 Å². The summed E-state index contributed by atoms with van der Waals surface area (Å²) in [5, 5.41) is -5.44. The van der Waals surface area contributed by atoms with Gasteiger partial charge in [-0.25, -0.2) is 4.79 Å². The highest BCUT2D eigenvalue weighted by atomic mass is 127. The molecule has 6 aromatic rings. The lowest BCUT2D eigenvalue weighted by Gasteiger charge is -2.25. The number of esters is 1. The number of carbonyl (C=O) groups is 1. The molecule has 1 N–H and O–H groups in total. The van der Waals surface area contributed by atoms with Gasteiger partial charge >= 0.3 is 21.3 Å². The van der Waals surface area contributed by atoms with Gasteiger partial charge in [0.25, 0.3) is 0 Å². The van der Waals surface area contributed by atoms with E-state index in [0.717, 1.165) is 21.8 Å². The average molecular weight is 1120 g/mol. The van der Waals surface area contributed by atoms with Crippen LogP contribution in [0.2, 0.25) is 0 Å². The molecule has 0 saturated carbocycles. The molecule has 288 valence electrons. The summed E-state index contributed by atoms with van der Waals surface area (Å²) in [5.41, 5.74) is 1.73. The quantitative estimate of drug-likeness (QED) is 0.0517. The molecule has 16 heteroatoms. The SMILES string of the molecule is Cc1ccc(Oc2c(OC(=O)C(F)(F)S(=O)(=O)O)c(Oc3ccc(I)cc3)c(Oc3ccc(C)cc3)c(Oc3ccc(I)cc3)c2Oc2ccc(I)cc2)cc1. The van der Waals surface area contributed by atoms with Gasteiger partial charge in [-0.1, -0.05) is 35.4 Å². The van der Waals surface area contributed by atoms with Crippen LogP contribution in [0.5, 0.6) is 63.2 Å². The molecule has 0 bridgehead atoms. The Kier molecular flexibility index (Phi) is 12.9. The van der Waals surface area contributed by atoms with Crippen LogP contribution in [-0.2, 0) is 14.9 Å². The maximum atomic E-state index is 15.1. The third-order valence-corrected chi connectivity index (χ3v) is 10.5. The standard InChI is InChI=1S/C40H27F2I3O10S/c1-23-3-13-28(14-4-23)50-34-33(52-30-17-7-25(43)8-18-30)35(53-31-19-9-26(44)10-20-31)36(51-29-15-5-24(2)6-16-29)38(55-39(46)40(41,42)56(47,48)49)37(34)54-32-21-11-27(45)12-22-32/h3-22H,1-2H3,(H,47,48,49). The van der Waals surface area contributed by atoms with Gasteiger partial charge in [0.1, 0.15) is 28.7 Å². The van der Waals surface area contributed by atoms with E-state index in [9.17, 15) is 17.8 Å². The Hall–Kier alpha value is -4.25. The summed E-state index contributed by atoms with van der Waals surface area (Å²) < 4.78 is 103. The summed E-state index contributed by atoms with van der Waals surface area (Å²) in [6, 6.07) is 33.3. The molecule has 0 heterocycles. The van der Waals surface area contributed by atoms with Crippen molar-refractivity contribution in [3.05, 3.63) is 143 Å². The van der Waals surface area contributed by atoms with E-state index in [1.807, 2.05) is 13.8 Å². The number of hydrogen-bond donors (Lipinski definition) is 1. The Morgan fingerprint density at radius 2 is 0.714 bits per heavy atom. The van der Waals surface area contributed by atoms with Gasteiger partial charge in [-0.05, 0) is 179 Å². The first-order valence-corrected chi connectivity index (χ1v) is 20.9. The number of benzene rings is 6. The summed E-state index contributed by atoms with van der Waals surface area (Å²) >= 11 is 6.31. The van der Waals surface area contributed by atoms with Crippen molar-refractivity contribution in [2.45, 2.75) is 19.1 Å². The van der Waals surface area contributed by atoms with Crippen molar-refractivity contribution >= 4 is 83.9 Å². The van der Waals surface area contributed by atoms with E-state index in [0.29, 0.717) is 0 Å². The molecule has 0 unspecified atom stereocenters. The monoisotopic (exact) mass is 1120 g/mol. The third-order valence-electron chi connectivity index (χ3n) is 7.58. The molecule has 56 heavy (non-hydrogen) atoms. The van der Waals surface area contributed by atoms with Crippen LogP contribution in [0.15, 0.2) is 121 Å². The zero-order valence-electron chi connectivity index (χ0n) is 29.0. The normalized spacial score (nSPS) is 11.4. The summed E-state index contributed by atoms with van der Waals surface area (Å²) in [4.78, 5) is 13.3. The van der Waals surface area contributed by atoms with Gasteiger partial charge in [-0.2, -0.15) is 17.2 Å². The van der Waals surface area contributed by atoms with Crippen molar-refractivity contribution in [3.63, 3.8) is 0 Å². The summed E-state index contributed by atoms with van der Waals surface area (Å²) in [5.74, 6) is -4.81. The lowest BCUT2D eigenvalue weighted by Crippen LogP contribution is -2.40. The van der Waals surface area contributed by atoms with E-state index in [-0.39, 0.29) is 46.0 Å². The topological polar surface area (TPSA) is 127 Å². The second kappa shape index (κ2) is 17.5. The van der Waals surface area contributed by atoms with Gasteiger partial charge in [0.2, 0.25) is 34.5 Å². The molecular formula is C40H27F2I3O10S. The van der Waals surface area contributed by atoms with Crippen LogP contribution < -0.4 is 28.4 Å². The van der Waals surface area contributed by atoms with Crippen LogP contribution in [0.25, 0.3) is 0 Å². The number of ether oxygens (including phenoxy) is 6. The van der Waals surface area contributed by atoms with Crippen LogP contribution in [0.4, 0.5) is 8.78 Å². The van der Waals surface area contributed by atoms with Gasteiger partial charge in [0.15, 0.2) is 0 Å². The molecule has 6 rings (SSSR count). The predicted octanol–water partition coefficient (Wildman–Crippen LogP) is 12.5. The molecule has 0 spiro atoms. The van der Waals surface area contributed by atoms with Gasteiger partial charge < -0.3 is 28.4 Å². The minimum Gasteiger partial charge on any atom is -0.449 e. The second-order valence-corrected chi connectivity index (χ2v) is 17.1. The van der Waals surface area contributed by atoms with Crippen molar-refractivity contribution in [3.8, 4) is 63.2 Å². The van der Waals surface area contributed by atoms with Crippen LogP contribution in [0.1, 0.15) is 11.1 Å². The predicted molar refractivity (Wildman–Crippen MR) is 229 cm³/mol. The molecule has 0 amide bonds. The summed E-state index contributed by atoms with van der Waals surface area (Å²) in [6.07, 6.45) is 0. The Labute approximate surface area is 361 Å². The first kappa shape index (κ1) is 41.4. The maximum Gasteiger partial charge on any atom is 0.466 e. The number of hydrogen-bond acceptors (Lipinski definition) is 9. The van der Waals surface area contributed by atoms with Crippen LogP contribution >= 0.6 is 67.8 Å². The number of rotatable bonds is 13. The van der Waals surface area contributed by atoms with E-state index in [1.165, 1.54) is 0 Å². The van der Waals surface area contributed by atoms with E-state index >= 15 is 8.78 Å². The van der Waals surface area contributed by atoms with E-state index < -0.39 is 38.6 Å². The number of carbonyl (C=O) groups excluding carboxylic acids is 1. The van der Waals surface area contributed by atoms with Crippen molar-refractivity contribution < 1.29 is 55.0 Å². The molecule has 0 atom stereocenters. The van der Waals surface area contributed by atoms with Crippen LogP contribution in [0.3, 0.4) is 0 Å². The first-order chi connectivity index (χ1) is 26.6. The van der Waals surface area contributed by atoms with Crippen LogP contribution in [-0.4, -0.2) is 24.2 Å². The smallest absolute Gasteiger partial charge is 0.449 e. The minimum absolute atomic E-state index is 0.103. The molecule has 0 aliphatic heterocycles. The molecule has 0 saturated heterocycles. The van der Waals surface area contributed by atoms with Crippen molar-refractivity contribution in [2.24, 2.45) is 0 Å². The molecular weight excluding hydrogens is 1090 g/mol. The maximum absolute atomic E-state index is 15.1. The molecule has 0 fully saturated rings. The van der Waals surface area contributed by atoms with Crippen molar-refractivity contribution in [1.29, 1.82) is 0 Å². The molecule has 0 aliphatic rings. The fraction of sp³-hybridized carbons (Fsp3) is 0.0750. The van der Waals surface area contributed by atoms with Gasteiger partial charge in [-0.3, -0.25) is 4.55 Å². The fourth-order valence-electron chi connectivity index (χ4n) is 4.74. The summed E-state index contributed by atoms with van der Waals surface area (Å²) in [6.45, 7) is 3.69. The highest BCUT2D eigenvalue weighted by Crippen LogP contribution is 2.62. The van der Waals surface area contributed by atoms with Crippen LogP contribution in [0, 0.1) is 24.6 Å². The largest absolute Gasteiger partial charge is 0.466 e. The highest BCUT2D eigenvalue weighted by Gasteiger charge is 2.55. The first-order valence-electron chi connectivity index (χ1n) is 16.2. The Bertz CT molecular complexity index is 2340. The van der Waals surface area contributed by atoms with E-state index in [4.69, 9.17) is 28.4 Å². The van der Waals surface area contributed by atoms with Crippen molar-refractivity contribution in [2.75, 3.05) is 0 Å². The lowest BCUT2D eigenvalue weighted by molar-refractivity contribution is -0.151. The minimum atomic E-state index is -6.33. The fourth-order valence-corrected chi connectivity index (χ4v) is 6.07. The number of alkyl halides is 2. The molecule has 0 aromatic heterocycles. The zero-order chi connectivity index (χ0) is 40.2. The summed E-state index contributed by atoms with van der Waals surface area (Å²) in [7, 11) is -6.33. The average Bonchev–Trinajstić information content (AvgIpc) is 3.16. The molecule has 6 aromatic carbocycles.